The first-order valence-corrected chi connectivity index (χ1v) is 8.99. The quantitative estimate of drug-likeness (QED) is 0.634. The summed E-state index contributed by atoms with van der Waals surface area (Å²) in [5.41, 5.74) is 0.439. The summed E-state index contributed by atoms with van der Waals surface area (Å²) < 4.78 is 5.38. The number of benzene rings is 2. The Morgan fingerprint density at radius 2 is 1.62 bits per heavy atom. The van der Waals surface area contributed by atoms with Gasteiger partial charge in [-0.2, -0.15) is 0 Å². The molecule has 4 nitrogen and oxygen atoms in total. The fraction of sp³-hybridized carbons (Fsp3) is 0.273. The molecule has 0 radical (unpaired) electrons. The summed E-state index contributed by atoms with van der Waals surface area (Å²) >= 11 is 0. The van der Waals surface area contributed by atoms with Crippen LogP contribution in [0.5, 0.6) is 0 Å². The van der Waals surface area contributed by atoms with Crippen molar-refractivity contribution in [3.63, 3.8) is 0 Å². The van der Waals surface area contributed by atoms with Gasteiger partial charge in [0.2, 0.25) is 0 Å². The lowest BCUT2D eigenvalue weighted by atomic mass is 10.1. The minimum atomic E-state index is -0.359. The molecule has 0 saturated carbocycles. The Balaban J connectivity index is 1.88. The van der Waals surface area contributed by atoms with Crippen molar-refractivity contribution in [2.75, 3.05) is 26.2 Å². The van der Waals surface area contributed by atoms with Gasteiger partial charge in [0.15, 0.2) is 5.43 Å². The normalized spacial score (nSPS) is 11.2. The fourth-order valence-electron chi connectivity index (χ4n) is 3.10. The molecule has 0 fully saturated rings. The summed E-state index contributed by atoms with van der Waals surface area (Å²) in [7, 11) is 0. The van der Waals surface area contributed by atoms with E-state index in [4.69, 9.17) is 4.74 Å². The average Bonchev–Trinajstić information content (AvgIpc) is 2.82. The van der Waals surface area contributed by atoms with Gasteiger partial charge < -0.3 is 9.64 Å². The zero-order valence-electron chi connectivity index (χ0n) is 15.2. The molecule has 0 aliphatic carbocycles. The van der Waals surface area contributed by atoms with Crippen molar-refractivity contribution in [1.29, 1.82) is 0 Å². The maximum Gasteiger partial charge on any atom is 0.338 e. The second-order valence-corrected chi connectivity index (χ2v) is 6.21. The van der Waals surface area contributed by atoms with E-state index in [-0.39, 0.29) is 11.4 Å². The van der Waals surface area contributed by atoms with Gasteiger partial charge in [-0.3, -0.25) is 4.79 Å². The Labute approximate surface area is 153 Å². The number of carbonyl (C=O) groups excluding carboxylic acids is 1. The van der Waals surface area contributed by atoms with Gasteiger partial charge in [-0.15, -0.1) is 0 Å². The van der Waals surface area contributed by atoms with E-state index in [0.29, 0.717) is 22.9 Å². The average molecular weight is 349 g/mol. The Kier molecular flexibility index (Phi) is 5.64. The van der Waals surface area contributed by atoms with Crippen LogP contribution in [0.25, 0.3) is 21.5 Å². The van der Waals surface area contributed by atoms with E-state index in [1.165, 1.54) is 0 Å². The van der Waals surface area contributed by atoms with E-state index in [9.17, 15) is 9.59 Å². The molecule has 0 aromatic heterocycles. The molecule has 0 amide bonds. The van der Waals surface area contributed by atoms with E-state index in [1.807, 2.05) is 36.4 Å². The Morgan fingerprint density at radius 3 is 2.38 bits per heavy atom. The predicted octanol–water partition coefficient (Wildman–Crippen LogP) is 3.85. The number of nitrogens with zero attached hydrogens (tertiary/aromatic N) is 1. The zero-order chi connectivity index (χ0) is 18.5. The molecule has 0 heterocycles. The molecule has 0 spiro atoms. The lowest BCUT2D eigenvalue weighted by Crippen LogP contribution is -2.27. The predicted molar refractivity (Wildman–Crippen MR) is 106 cm³/mol. The van der Waals surface area contributed by atoms with Crippen LogP contribution in [0.3, 0.4) is 0 Å². The largest absolute Gasteiger partial charge is 0.461 e. The number of carbonyl (C=O) groups is 1. The zero-order valence-corrected chi connectivity index (χ0v) is 15.2. The highest BCUT2D eigenvalue weighted by Crippen LogP contribution is 2.17. The minimum absolute atomic E-state index is 0.0259. The van der Waals surface area contributed by atoms with Crippen molar-refractivity contribution < 1.29 is 9.53 Å². The summed E-state index contributed by atoms with van der Waals surface area (Å²) in [6.45, 7) is 7.11. The van der Waals surface area contributed by atoms with Crippen LogP contribution in [-0.4, -0.2) is 37.1 Å². The third kappa shape index (κ3) is 3.75. The minimum Gasteiger partial charge on any atom is -0.461 e. The Hall–Kier alpha value is -2.72. The van der Waals surface area contributed by atoms with E-state index in [0.717, 1.165) is 30.4 Å². The van der Waals surface area contributed by atoms with Crippen LogP contribution in [0.15, 0.2) is 59.4 Å². The van der Waals surface area contributed by atoms with Crippen molar-refractivity contribution >= 4 is 27.5 Å². The number of rotatable bonds is 6. The Bertz CT molecular complexity index is 993. The van der Waals surface area contributed by atoms with Crippen LogP contribution >= 0.6 is 0 Å². The molecule has 0 saturated heterocycles. The van der Waals surface area contributed by atoms with Gasteiger partial charge in [0.25, 0.3) is 0 Å². The highest BCUT2D eigenvalue weighted by molar-refractivity contribution is 5.98. The van der Waals surface area contributed by atoms with Gasteiger partial charge in [-0.25, -0.2) is 4.79 Å². The SMILES string of the molecule is CCN(CC)CCOC(=O)c1ccc2c(=O)c3ccccc3ccc2c1. The number of hydrogen-bond donors (Lipinski definition) is 0. The summed E-state index contributed by atoms with van der Waals surface area (Å²) in [4.78, 5) is 27.3. The molecule has 0 aliphatic rings. The first kappa shape index (κ1) is 18.1. The maximum atomic E-state index is 12.8. The number of likely N-dealkylation sites (N-methyl/N-ethyl adjacent to an activating group) is 1. The fourth-order valence-corrected chi connectivity index (χ4v) is 3.10. The second-order valence-electron chi connectivity index (χ2n) is 6.21. The molecule has 0 atom stereocenters. The molecule has 3 aromatic carbocycles. The molecular formula is C22H23NO3. The first-order chi connectivity index (χ1) is 12.6. The molecule has 0 bridgehead atoms. The summed E-state index contributed by atoms with van der Waals surface area (Å²) in [5, 5.41) is 2.91. The molecule has 0 unspecified atom stereocenters. The molecule has 134 valence electrons. The van der Waals surface area contributed by atoms with Gasteiger partial charge in [0.1, 0.15) is 6.61 Å². The number of esters is 1. The van der Waals surface area contributed by atoms with E-state index in [1.54, 1.807) is 18.2 Å². The van der Waals surface area contributed by atoms with Crippen molar-refractivity contribution in [3.05, 3.63) is 70.4 Å². The van der Waals surface area contributed by atoms with Crippen LogP contribution in [0, 0.1) is 0 Å². The van der Waals surface area contributed by atoms with Crippen LogP contribution in [0.2, 0.25) is 0 Å². The van der Waals surface area contributed by atoms with Gasteiger partial charge in [0.05, 0.1) is 5.56 Å². The summed E-state index contributed by atoms with van der Waals surface area (Å²) in [6, 6.07) is 16.4. The molecule has 4 heteroatoms. The Morgan fingerprint density at radius 1 is 0.923 bits per heavy atom. The van der Waals surface area contributed by atoms with Crippen molar-refractivity contribution in [3.8, 4) is 0 Å². The lowest BCUT2D eigenvalue weighted by Gasteiger charge is -2.17. The molecule has 3 rings (SSSR count). The highest BCUT2D eigenvalue weighted by Gasteiger charge is 2.10. The highest BCUT2D eigenvalue weighted by atomic mass is 16.5. The number of hydrogen-bond acceptors (Lipinski definition) is 4. The number of ether oxygens (including phenoxy) is 1. The third-order valence-electron chi connectivity index (χ3n) is 4.71. The maximum absolute atomic E-state index is 12.8. The van der Waals surface area contributed by atoms with Crippen molar-refractivity contribution in [1.82, 2.24) is 4.90 Å². The molecule has 26 heavy (non-hydrogen) atoms. The van der Waals surface area contributed by atoms with Crippen LogP contribution < -0.4 is 5.43 Å². The van der Waals surface area contributed by atoms with Gasteiger partial charge in [-0.1, -0.05) is 50.2 Å². The summed E-state index contributed by atoms with van der Waals surface area (Å²) in [6.07, 6.45) is 0. The topological polar surface area (TPSA) is 46.6 Å². The third-order valence-corrected chi connectivity index (χ3v) is 4.71. The van der Waals surface area contributed by atoms with Crippen LogP contribution in [0.4, 0.5) is 0 Å². The molecule has 0 aliphatic heterocycles. The van der Waals surface area contributed by atoms with Gasteiger partial charge >= 0.3 is 5.97 Å². The van der Waals surface area contributed by atoms with Crippen LogP contribution in [-0.2, 0) is 4.74 Å². The first-order valence-electron chi connectivity index (χ1n) is 8.99. The standard InChI is InChI=1S/C22H23NO3/c1-3-23(4-2)13-14-26-22(25)18-11-12-20-17(15-18)10-9-16-7-5-6-8-19(16)21(20)24/h5-12,15H,3-4,13-14H2,1-2H3. The van der Waals surface area contributed by atoms with Crippen LogP contribution in [0.1, 0.15) is 24.2 Å². The van der Waals surface area contributed by atoms with E-state index < -0.39 is 0 Å². The molecular weight excluding hydrogens is 326 g/mol. The van der Waals surface area contributed by atoms with Gasteiger partial charge in [-0.05, 0) is 42.1 Å². The number of fused-ring (bicyclic) bond motifs is 2. The van der Waals surface area contributed by atoms with E-state index >= 15 is 0 Å². The molecule has 0 N–H and O–H groups in total. The summed E-state index contributed by atoms with van der Waals surface area (Å²) in [5.74, 6) is -0.359. The lowest BCUT2D eigenvalue weighted by molar-refractivity contribution is 0.0466. The monoisotopic (exact) mass is 349 g/mol. The smallest absolute Gasteiger partial charge is 0.338 e. The molecule has 3 aromatic rings. The van der Waals surface area contributed by atoms with Gasteiger partial charge in [0, 0.05) is 17.3 Å². The van der Waals surface area contributed by atoms with Crippen molar-refractivity contribution in [2.45, 2.75) is 13.8 Å². The second kappa shape index (κ2) is 8.11. The van der Waals surface area contributed by atoms with Crippen molar-refractivity contribution in [2.24, 2.45) is 0 Å². The van der Waals surface area contributed by atoms with E-state index in [2.05, 4.69) is 18.7 Å².